The second-order valence-corrected chi connectivity index (χ2v) is 4.51. The molecule has 1 fully saturated rings. The number of rotatable bonds is 7. The lowest BCUT2D eigenvalue weighted by molar-refractivity contribution is -0.121. The van der Waals surface area contributed by atoms with Crippen molar-refractivity contribution in [3.63, 3.8) is 0 Å². The highest BCUT2D eigenvalue weighted by molar-refractivity contribution is 5.78. The van der Waals surface area contributed by atoms with E-state index in [-0.39, 0.29) is 25.6 Å². The molecule has 1 aliphatic carbocycles. The minimum Gasteiger partial charge on any atom is -0.393 e. The first-order valence-corrected chi connectivity index (χ1v) is 5.34. The summed E-state index contributed by atoms with van der Waals surface area (Å²) < 4.78 is 0. The Morgan fingerprint density at radius 1 is 1.53 bits per heavy atom. The highest BCUT2D eigenvalue weighted by Crippen LogP contribution is 2.27. The Bertz CT molecular complexity index is 215. The van der Waals surface area contributed by atoms with Gasteiger partial charge in [-0.25, -0.2) is 0 Å². The van der Waals surface area contributed by atoms with Gasteiger partial charge in [0.25, 0.3) is 0 Å². The summed E-state index contributed by atoms with van der Waals surface area (Å²) >= 11 is 0. The van der Waals surface area contributed by atoms with Gasteiger partial charge >= 0.3 is 0 Å². The molecule has 15 heavy (non-hydrogen) atoms. The van der Waals surface area contributed by atoms with Crippen LogP contribution >= 0.6 is 0 Å². The molecule has 1 saturated carbocycles. The zero-order valence-corrected chi connectivity index (χ0v) is 9.12. The van der Waals surface area contributed by atoms with Crippen molar-refractivity contribution in [3.05, 3.63) is 0 Å². The summed E-state index contributed by atoms with van der Waals surface area (Å²) in [7, 11) is 0. The van der Waals surface area contributed by atoms with Crippen LogP contribution in [0.4, 0.5) is 0 Å². The van der Waals surface area contributed by atoms with Gasteiger partial charge in [-0.2, -0.15) is 0 Å². The number of carbonyl (C=O) groups is 1. The Hall–Kier alpha value is -0.650. The van der Waals surface area contributed by atoms with Crippen molar-refractivity contribution in [2.75, 3.05) is 26.2 Å². The first-order chi connectivity index (χ1) is 7.03. The lowest BCUT2D eigenvalue weighted by Crippen LogP contribution is -2.45. The van der Waals surface area contributed by atoms with Crippen LogP contribution in [0.3, 0.4) is 0 Å². The van der Waals surface area contributed by atoms with Gasteiger partial charge in [0.05, 0.1) is 13.2 Å². The number of carbonyl (C=O) groups excluding carboxylic acids is 1. The molecule has 88 valence electrons. The number of hydrogen-bond acceptors (Lipinski definition) is 4. The summed E-state index contributed by atoms with van der Waals surface area (Å²) in [5, 5.41) is 23.8. The van der Waals surface area contributed by atoms with Crippen LogP contribution in [0.2, 0.25) is 0 Å². The fourth-order valence-corrected chi connectivity index (χ4v) is 1.12. The minimum absolute atomic E-state index is 0.0768. The smallest absolute Gasteiger partial charge is 0.234 e. The van der Waals surface area contributed by atoms with Crippen LogP contribution in [-0.2, 0) is 4.79 Å². The lowest BCUT2D eigenvalue weighted by Gasteiger charge is -2.20. The van der Waals surface area contributed by atoms with Gasteiger partial charge in [-0.1, -0.05) is 0 Å². The van der Waals surface area contributed by atoms with E-state index in [1.807, 2.05) is 0 Å². The molecular formula is C10H20N2O3. The summed E-state index contributed by atoms with van der Waals surface area (Å²) in [5.74, 6) is 0.600. The molecule has 0 saturated heterocycles. The maximum Gasteiger partial charge on any atom is 0.234 e. The Balaban J connectivity index is 2.01. The summed E-state index contributed by atoms with van der Waals surface area (Å²) in [5.41, 5.74) is -1.23. The van der Waals surface area contributed by atoms with Crippen LogP contribution in [0.25, 0.3) is 0 Å². The van der Waals surface area contributed by atoms with E-state index in [2.05, 4.69) is 10.6 Å². The highest BCUT2D eigenvalue weighted by atomic mass is 16.3. The molecule has 1 unspecified atom stereocenters. The van der Waals surface area contributed by atoms with Crippen molar-refractivity contribution in [1.29, 1.82) is 0 Å². The molecular weight excluding hydrogens is 196 g/mol. The fourth-order valence-electron chi connectivity index (χ4n) is 1.12. The molecule has 0 bridgehead atoms. The van der Waals surface area contributed by atoms with Crippen molar-refractivity contribution < 1.29 is 15.0 Å². The SMILES string of the molecule is CC(O)(CO)CNC(=O)CNCC1CC1. The fraction of sp³-hybridized carbons (Fsp3) is 0.900. The van der Waals surface area contributed by atoms with E-state index in [0.717, 1.165) is 12.5 Å². The molecule has 0 spiro atoms. The van der Waals surface area contributed by atoms with Gasteiger partial charge in [-0.3, -0.25) is 4.79 Å². The number of hydrogen-bond donors (Lipinski definition) is 4. The molecule has 1 aliphatic rings. The Kier molecular flexibility index (Phi) is 4.50. The van der Waals surface area contributed by atoms with Gasteiger partial charge in [-0.15, -0.1) is 0 Å². The number of aliphatic hydroxyl groups is 2. The van der Waals surface area contributed by atoms with Gasteiger partial charge in [0.15, 0.2) is 0 Å². The average Bonchev–Trinajstić information content (AvgIpc) is 2.99. The largest absolute Gasteiger partial charge is 0.393 e. The van der Waals surface area contributed by atoms with E-state index in [4.69, 9.17) is 5.11 Å². The Morgan fingerprint density at radius 2 is 2.20 bits per heavy atom. The minimum atomic E-state index is -1.23. The molecule has 5 nitrogen and oxygen atoms in total. The van der Waals surface area contributed by atoms with Crippen molar-refractivity contribution in [2.45, 2.75) is 25.4 Å². The van der Waals surface area contributed by atoms with Crippen LogP contribution in [0.1, 0.15) is 19.8 Å². The topological polar surface area (TPSA) is 81.6 Å². The summed E-state index contributed by atoms with van der Waals surface area (Å²) in [6, 6.07) is 0. The van der Waals surface area contributed by atoms with Crippen LogP contribution in [-0.4, -0.2) is 48.0 Å². The zero-order chi connectivity index (χ0) is 11.3. The monoisotopic (exact) mass is 216 g/mol. The number of nitrogens with one attached hydrogen (secondary N) is 2. The van der Waals surface area contributed by atoms with E-state index in [1.165, 1.54) is 19.8 Å². The maximum absolute atomic E-state index is 11.2. The molecule has 0 aromatic heterocycles. The molecule has 0 heterocycles. The normalized spacial score (nSPS) is 19.7. The predicted molar refractivity (Wildman–Crippen MR) is 56.3 cm³/mol. The maximum atomic E-state index is 11.2. The quantitative estimate of drug-likeness (QED) is 0.433. The van der Waals surface area contributed by atoms with E-state index < -0.39 is 5.60 Å². The third kappa shape index (κ3) is 5.71. The van der Waals surface area contributed by atoms with Gasteiger partial charge in [-0.05, 0) is 32.2 Å². The number of amides is 1. The van der Waals surface area contributed by atoms with Crippen LogP contribution in [0, 0.1) is 5.92 Å². The van der Waals surface area contributed by atoms with Crippen LogP contribution in [0.15, 0.2) is 0 Å². The molecule has 0 aromatic rings. The van der Waals surface area contributed by atoms with Crippen LogP contribution in [0.5, 0.6) is 0 Å². The van der Waals surface area contributed by atoms with Crippen LogP contribution < -0.4 is 10.6 Å². The molecule has 1 amide bonds. The van der Waals surface area contributed by atoms with E-state index in [9.17, 15) is 9.90 Å². The van der Waals surface area contributed by atoms with Crippen molar-refractivity contribution in [1.82, 2.24) is 10.6 Å². The molecule has 5 heteroatoms. The van der Waals surface area contributed by atoms with Gasteiger partial charge < -0.3 is 20.8 Å². The predicted octanol–water partition coefficient (Wildman–Crippen LogP) is -1.15. The van der Waals surface area contributed by atoms with Gasteiger partial charge in [0, 0.05) is 6.54 Å². The van der Waals surface area contributed by atoms with Gasteiger partial charge in [0.1, 0.15) is 5.60 Å². The molecule has 4 N–H and O–H groups in total. The number of aliphatic hydroxyl groups excluding tert-OH is 1. The first-order valence-electron chi connectivity index (χ1n) is 5.34. The Morgan fingerprint density at radius 3 is 2.73 bits per heavy atom. The molecule has 0 radical (unpaired) electrons. The average molecular weight is 216 g/mol. The molecule has 0 aromatic carbocycles. The van der Waals surface area contributed by atoms with E-state index in [1.54, 1.807) is 0 Å². The third-order valence-electron chi connectivity index (χ3n) is 2.42. The summed E-state index contributed by atoms with van der Waals surface area (Å²) in [6.07, 6.45) is 2.52. The molecule has 1 rings (SSSR count). The second-order valence-electron chi connectivity index (χ2n) is 4.51. The first kappa shape index (κ1) is 12.4. The standard InChI is InChI=1S/C10H20N2O3/c1-10(15,7-13)6-12-9(14)5-11-4-8-2-3-8/h8,11,13,15H,2-7H2,1H3,(H,12,14). The lowest BCUT2D eigenvalue weighted by atomic mass is 10.1. The van der Waals surface area contributed by atoms with Gasteiger partial charge in [0.2, 0.25) is 5.91 Å². The highest BCUT2D eigenvalue weighted by Gasteiger charge is 2.21. The van der Waals surface area contributed by atoms with E-state index in [0.29, 0.717) is 0 Å². The zero-order valence-electron chi connectivity index (χ0n) is 9.12. The molecule has 0 aliphatic heterocycles. The summed E-state index contributed by atoms with van der Waals surface area (Å²) in [4.78, 5) is 11.2. The molecule has 1 atom stereocenters. The van der Waals surface area contributed by atoms with E-state index >= 15 is 0 Å². The van der Waals surface area contributed by atoms with Crippen molar-refractivity contribution >= 4 is 5.91 Å². The second kappa shape index (κ2) is 5.44. The van der Waals surface area contributed by atoms with Crippen molar-refractivity contribution in [2.24, 2.45) is 5.92 Å². The van der Waals surface area contributed by atoms with Crippen molar-refractivity contribution in [3.8, 4) is 0 Å². The summed E-state index contributed by atoms with van der Waals surface area (Å²) in [6.45, 7) is 2.36. The Labute approximate surface area is 89.9 Å². The third-order valence-corrected chi connectivity index (χ3v) is 2.42.